The molecule has 1 saturated heterocycles. The van der Waals surface area contributed by atoms with Crippen molar-refractivity contribution in [3.63, 3.8) is 0 Å². The van der Waals surface area contributed by atoms with Crippen LogP contribution in [-0.4, -0.2) is 30.2 Å². The smallest absolute Gasteiger partial charge is 0.240 e. The van der Waals surface area contributed by atoms with Gasteiger partial charge in [0.15, 0.2) is 0 Å². The van der Waals surface area contributed by atoms with Crippen LogP contribution in [0.2, 0.25) is 0 Å². The van der Waals surface area contributed by atoms with Gasteiger partial charge >= 0.3 is 0 Å². The van der Waals surface area contributed by atoms with Gasteiger partial charge in [-0.25, -0.2) is 0 Å². The fourth-order valence-corrected chi connectivity index (χ4v) is 1.62. The number of hydrogen-bond acceptors (Lipinski definition) is 3. The molecule has 3 atom stereocenters. The monoisotopic (exact) mass is 214 g/mol. The first-order valence-electron chi connectivity index (χ1n) is 5.69. The maximum atomic E-state index is 11.8. The Kier molecular flexibility index (Phi) is 4.11. The molecule has 4 nitrogen and oxygen atoms in total. The molecule has 0 aromatic carbocycles. The van der Waals surface area contributed by atoms with Gasteiger partial charge in [0, 0.05) is 6.61 Å². The molecule has 3 N–H and O–H groups in total. The van der Waals surface area contributed by atoms with Gasteiger partial charge in [0.25, 0.3) is 0 Å². The van der Waals surface area contributed by atoms with E-state index in [1.54, 1.807) is 6.92 Å². The van der Waals surface area contributed by atoms with Crippen LogP contribution in [-0.2, 0) is 9.53 Å². The Labute approximate surface area is 91.5 Å². The van der Waals surface area contributed by atoms with Gasteiger partial charge in [-0.1, -0.05) is 6.92 Å². The normalized spacial score (nSPS) is 27.1. The first-order valence-corrected chi connectivity index (χ1v) is 5.69. The molecular formula is C11H22N2O2. The average Bonchev–Trinajstić information content (AvgIpc) is 2.70. The van der Waals surface area contributed by atoms with Gasteiger partial charge in [-0.2, -0.15) is 0 Å². The van der Waals surface area contributed by atoms with Crippen LogP contribution < -0.4 is 11.1 Å². The van der Waals surface area contributed by atoms with E-state index in [0.29, 0.717) is 6.42 Å². The number of carbonyl (C=O) groups excluding carboxylic acids is 1. The maximum Gasteiger partial charge on any atom is 0.240 e. The lowest BCUT2D eigenvalue weighted by molar-refractivity contribution is -0.127. The first-order chi connectivity index (χ1) is 6.97. The highest BCUT2D eigenvalue weighted by atomic mass is 16.5. The number of rotatable bonds is 4. The number of nitrogens with one attached hydrogen (secondary N) is 1. The standard InChI is InChI=1S/C11H22N2O2/c1-4-11(3,12)10(14)13-8(2)9-6-5-7-15-9/h8-9H,4-7,12H2,1-3H3,(H,13,14). The van der Waals surface area contributed by atoms with Crippen LogP contribution in [0.3, 0.4) is 0 Å². The fraction of sp³-hybridized carbons (Fsp3) is 0.909. The molecule has 1 aliphatic rings. The van der Waals surface area contributed by atoms with Crippen molar-refractivity contribution >= 4 is 5.91 Å². The van der Waals surface area contributed by atoms with Crippen molar-refractivity contribution in [3.05, 3.63) is 0 Å². The Morgan fingerprint density at radius 1 is 1.73 bits per heavy atom. The Morgan fingerprint density at radius 2 is 2.40 bits per heavy atom. The molecule has 3 unspecified atom stereocenters. The second kappa shape index (κ2) is 4.94. The average molecular weight is 214 g/mol. The summed E-state index contributed by atoms with van der Waals surface area (Å²) >= 11 is 0. The number of amides is 1. The van der Waals surface area contributed by atoms with E-state index < -0.39 is 5.54 Å². The Morgan fingerprint density at radius 3 is 2.87 bits per heavy atom. The third-order valence-corrected chi connectivity index (χ3v) is 3.13. The van der Waals surface area contributed by atoms with Gasteiger partial charge in [0.1, 0.15) is 0 Å². The molecular weight excluding hydrogens is 192 g/mol. The minimum atomic E-state index is -0.771. The molecule has 1 rings (SSSR count). The van der Waals surface area contributed by atoms with Gasteiger partial charge in [-0.05, 0) is 33.1 Å². The Balaban J connectivity index is 2.43. The summed E-state index contributed by atoms with van der Waals surface area (Å²) in [6.07, 6.45) is 2.89. The summed E-state index contributed by atoms with van der Waals surface area (Å²) in [6.45, 7) is 6.44. The third-order valence-electron chi connectivity index (χ3n) is 3.13. The van der Waals surface area contributed by atoms with E-state index in [2.05, 4.69) is 5.32 Å². The van der Waals surface area contributed by atoms with E-state index in [9.17, 15) is 4.79 Å². The molecule has 0 aromatic rings. The van der Waals surface area contributed by atoms with Crippen molar-refractivity contribution in [3.8, 4) is 0 Å². The molecule has 0 saturated carbocycles. The number of carbonyl (C=O) groups is 1. The fourth-order valence-electron chi connectivity index (χ4n) is 1.62. The van der Waals surface area contributed by atoms with Crippen LogP contribution in [0.15, 0.2) is 0 Å². The molecule has 1 fully saturated rings. The summed E-state index contributed by atoms with van der Waals surface area (Å²) < 4.78 is 5.51. The number of ether oxygens (including phenoxy) is 1. The Hall–Kier alpha value is -0.610. The maximum absolute atomic E-state index is 11.8. The van der Waals surface area contributed by atoms with Crippen molar-refractivity contribution in [2.45, 2.75) is 57.7 Å². The van der Waals surface area contributed by atoms with E-state index in [0.717, 1.165) is 19.4 Å². The Bertz CT molecular complexity index is 223. The highest BCUT2D eigenvalue weighted by Crippen LogP contribution is 2.16. The van der Waals surface area contributed by atoms with Crippen molar-refractivity contribution in [1.29, 1.82) is 0 Å². The molecule has 4 heteroatoms. The van der Waals surface area contributed by atoms with Crippen LogP contribution in [0, 0.1) is 0 Å². The highest BCUT2D eigenvalue weighted by Gasteiger charge is 2.30. The summed E-state index contributed by atoms with van der Waals surface area (Å²) in [7, 11) is 0. The molecule has 0 bridgehead atoms. The van der Waals surface area contributed by atoms with E-state index in [1.807, 2.05) is 13.8 Å². The largest absolute Gasteiger partial charge is 0.376 e. The van der Waals surface area contributed by atoms with Crippen molar-refractivity contribution in [1.82, 2.24) is 5.32 Å². The predicted molar refractivity (Wildman–Crippen MR) is 59.5 cm³/mol. The minimum absolute atomic E-state index is 0.0504. The van der Waals surface area contributed by atoms with Crippen LogP contribution in [0.25, 0.3) is 0 Å². The van der Waals surface area contributed by atoms with E-state index >= 15 is 0 Å². The van der Waals surface area contributed by atoms with E-state index in [-0.39, 0.29) is 18.1 Å². The quantitative estimate of drug-likeness (QED) is 0.727. The predicted octanol–water partition coefficient (Wildman–Crippen LogP) is 0.797. The molecule has 88 valence electrons. The molecule has 0 aromatic heterocycles. The van der Waals surface area contributed by atoms with Crippen LogP contribution in [0.5, 0.6) is 0 Å². The zero-order valence-corrected chi connectivity index (χ0v) is 9.88. The van der Waals surface area contributed by atoms with E-state index in [4.69, 9.17) is 10.5 Å². The molecule has 1 heterocycles. The van der Waals surface area contributed by atoms with Crippen LogP contribution in [0.1, 0.15) is 40.0 Å². The van der Waals surface area contributed by atoms with Gasteiger partial charge in [0.2, 0.25) is 5.91 Å². The molecule has 1 aliphatic heterocycles. The summed E-state index contributed by atoms with van der Waals surface area (Å²) in [5, 5.41) is 2.92. The van der Waals surface area contributed by atoms with Gasteiger partial charge in [0.05, 0.1) is 17.7 Å². The molecule has 0 aliphatic carbocycles. The lowest BCUT2D eigenvalue weighted by atomic mass is 9.98. The van der Waals surface area contributed by atoms with Crippen LogP contribution >= 0.6 is 0 Å². The molecule has 0 radical (unpaired) electrons. The summed E-state index contributed by atoms with van der Waals surface area (Å²) in [5.41, 5.74) is 5.08. The van der Waals surface area contributed by atoms with Crippen molar-refractivity contribution in [2.75, 3.05) is 6.61 Å². The third kappa shape index (κ3) is 3.18. The van der Waals surface area contributed by atoms with Crippen molar-refractivity contribution < 1.29 is 9.53 Å². The van der Waals surface area contributed by atoms with Crippen LogP contribution in [0.4, 0.5) is 0 Å². The number of nitrogens with two attached hydrogens (primary N) is 1. The lowest BCUT2D eigenvalue weighted by Crippen LogP contribution is -2.55. The van der Waals surface area contributed by atoms with Gasteiger partial charge < -0.3 is 15.8 Å². The molecule has 15 heavy (non-hydrogen) atoms. The zero-order chi connectivity index (χ0) is 11.5. The number of hydrogen-bond donors (Lipinski definition) is 2. The van der Waals surface area contributed by atoms with E-state index in [1.165, 1.54) is 0 Å². The minimum Gasteiger partial charge on any atom is -0.376 e. The lowest BCUT2D eigenvalue weighted by Gasteiger charge is -2.26. The summed E-state index contributed by atoms with van der Waals surface area (Å²) in [5.74, 6) is -0.0898. The van der Waals surface area contributed by atoms with Crippen molar-refractivity contribution in [2.24, 2.45) is 5.73 Å². The second-order valence-electron chi connectivity index (χ2n) is 4.58. The topological polar surface area (TPSA) is 64.4 Å². The molecule has 0 spiro atoms. The molecule has 1 amide bonds. The van der Waals surface area contributed by atoms with Gasteiger partial charge in [-0.15, -0.1) is 0 Å². The summed E-state index contributed by atoms with van der Waals surface area (Å²) in [4.78, 5) is 11.8. The zero-order valence-electron chi connectivity index (χ0n) is 9.88. The highest BCUT2D eigenvalue weighted by molar-refractivity contribution is 5.85. The second-order valence-corrected chi connectivity index (χ2v) is 4.58. The van der Waals surface area contributed by atoms with Gasteiger partial charge in [-0.3, -0.25) is 4.79 Å². The first kappa shape index (κ1) is 12.5. The summed E-state index contributed by atoms with van der Waals surface area (Å²) in [6, 6.07) is 0.0504. The SMILES string of the molecule is CCC(C)(N)C(=O)NC(C)C1CCCO1.